The maximum atomic E-state index is 6.79. The van der Waals surface area contributed by atoms with E-state index in [0.717, 1.165) is 82.9 Å². The molecule has 4 heterocycles. The molecule has 0 atom stereocenters. The predicted molar refractivity (Wildman–Crippen MR) is 224 cm³/mol. The van der Waals surface area contributed by atoms with Crippen LogP contribution in [0.5, 0.6) is 0 Å². The number of aromatic nitrogens is 6. The Hall–Kier alpha value is -7.77. The molecule has 0 spiro atoms. The standard InChI is InChI=1S/C49H30N6O/c1-5-17-31(18-6-1)39-30-40(51-46(50-39)32-19-7-2-8-20-32)38-29-37-35-25-14-16-28-42(35)56-45(37)43-36-26-13-15-27-41(36)55(44(38)43)49-53-47(33-21-9-3-10-22-33)52-48(54-49)34-23-11-4-12-24-34/h1-30H. The molecule has 0 radical (unpaired) electrons. The zero-order chi connectivity index (χ0) is 37.0. The predicted octanol–water partition coefficient (Wildman–Crippen LogP) is 12.0. The van der Waals surface area contributed by atoms with E-state index < -0.39 is 0 Å². The molecule has 0 aliphatic carbocycles. The van der Waals surface area contributed by atoms with Crippen LogP contribution in [0.3, 0.4) is 0 Å². The Morgan fingerprint density at radius 1 is 0.393 bits per heavy atom. The molecule has 0 aliphatic rings. The Labute approximate surface area is 321 Å². The first-order valence-corrected chi connectivity index (χ1v) is 18.5. The number of fused-ring (bicyclic) bond motifs is 7. The molecule has 262 valence electrons. The van der Waals surface area contributed by atoms with Crippen LogP contribution in [0, 0.1) is 0 Å². The van der Waals surface area contributed by atoms with Gasteiger partial charge in [-0.05, 0) is 24.3 Å². The minimum absolute atomic E-state index is 0.487. The molecule has 4 aromatic heterocycles. The van der Waals surface area contributed by atoms with E-state index in [-0.39, 0.29) is 0 Å². The van der Waals surface area contributed by atoms with Gasteiger partial charge in [-0.2, -0.15) is 9.97 Å². The van der Waals surface area contributed by atoms with Gasteiger partial charge >= 0.3 is 0 Å². The minimum atomic E-state index is 0.487. The second-order valence-corrected chi connectivity index (χ2v) is 13.7. The van der Waals surface area contributed by atoms with E-state index in [4.69, 9.17) is 29.3 Å². The van der Waals surface area contributed by atoms with Crippen LogP contribution in [0.1, 0.15) is 0 Å². The minimum Gasteiger partial charge on any atom is -0.455 e. The van der Waals surface area contributed by atoms with Gasteiger partial charge in [0, 0.05) is 44.0 Å². The third kappa shape index (κ3) is 5.25. The van der Waals surface area contributed by atoms with Crippen molar-refractivity contribution in [3.05, 3.63) is 182 Å². The van der Waals surface area contributed by atoms with Gasteiger partial charge in [0.25, 0.3) is 0 Å². The van der Waals surface area contributed by atoms with Crippen molar-refractivity contribution in [3.8, 4) is 62.6 Å². The van der Waals surface area contributed by atoms with Crippen molar-refractivity contribution in [1.29, 1.82) is 0 Å². The van der Waals surface area contributed by atoms with Gasteiger partial charge in [-0.3, -0.25) is 4.57 Å². The average Bonchev–Trinajstić information content (AvgIpc) is 3.83. The Kier molecular flexibility index (Phi) is 7.35. The maximum absolute atomic E-state index is 6.79. The lowest BCUT2D eigenvalue weighted by molar-refractivity contribution is 0.673. The second-order valence-electron chi connectivity index (χ2n) is 13.7. The van der Waals surface area contributed by atoms with Crippen molar-refractivity contribution in [2.24, 2.45) is 0 Å². The first-order valence-electron chi connectivity index (χ1n) is 18.5. The van der Waals surface area contributed by atoms with E-state index in [2.05, 4.69) is 65.2 Å². The Bertz CT molecular complexity index is 3120. The molecule has 0 saturated carbocycles. The van der Waals surface area contributed by atoms with E-state index in [1.54, 1.807) is 0 Å². The van der Waals surface area contributed by atoms with Crippen LogP contribution in [-0.2, 0) is 0 Å². The molecule has 0 fully saturated rings. The van der Waals surface area contributed by atoms with Gasteiger partial charge in [-0.25, -0.2) is 15.0 Å². The van der Waals surface area contributed by atoms with Crippen LogP contribution in [0.25, 0.3) is 106 Å². The van der Waals surface area contributed by atoms with Crippen LogP contribution in [0.2, 0.25) is 0 Å². The summed E-state index contributed by atoms with van der Waals surface area (Å²) in [4.78, 5) is 26.0. The van der Waals surface area contributed by atoms with E-state index >= 15 is 0 Å². The molecule has 0 N–H and O–H groups in total. The molecule has 11 rings (SSSR count). The quantitative estimate of drug-likeness (QED) is 0.170. The largest absolute Gasteiger partial charge is 0.455 e. The smallest absolute Gasteiger partial charge is 0.238 e. The number of benzene rings is 7. The number of hydrogen-bond acceptors (Lipinski definition) is 6. The summed E-state index contributed by atoms with van der Waals surface area (Å²) >= 11 is 0. The lowest BCUT2D eigenvalue weighted by Crippen LogP contribution is -2.07. The summed E-state index contributed by atoms with van der Waals surface area (Å²) in [7, 11) is 0. The number of rotatable bonds is 6. The highest BCUT2D eigenvalue weighted by Gasteiger charge is 2.26. The maximum Gasteiger partial charge on any atom is 0.238 e. The van der Waals surface area contributed by atoms with E-state index in [9.17, 15) is 0 Å². The molecule has 7 aromatic carbocycles. The normalized spacial score (nSPS) is 11.6. The molecule has 56 heavy (non-hydrogen) atoms. The monoisotopic (exact) mass is 718 g/mol. The topological polar surface area (TPSA) is 82.5 Å². The molecular weight excluding hydrogens is 689 g/mol. The van der Waals surface area contributed by atoms with E-state index in [1.807, 2.05) is 121 Å². The van der Waals surface area contributed by atoms with Crippen molar-refractivity contribution >= 4 is 43.7 Å². The highest BCUT2D eigenvalue weighted by molar-refractivity contribution is 6.27. The van der Waals surface area contributed by atoms with Gasteiger partial charge < -0.3 is 4.42 Å². The summed E-state index contributed by atoms with van der Waals surface area (Å²) in [6.07, 6.45) is 0. The summed E-state index contributed by atoms with van der Waals surface area (Å²) in [6, 6.07) is 61.4. The SMILES string of the molecule is c1ccc(-c2cc(-c3cc4c5ccccc5oc4c4c5ccccc5n(-c5nc(-c6ccccc6)nc(-c6ccccc6)n5)c34)nc(-c3ccccc3)n2)cc1. The second kappa shape index (κ2) is 13.0. The fourth-order valence-electron chi connectivity index (χ4n) is 7.69. The van der Waals surface area contributed by atoms with Crippen molar-refractivity contribution < 1.29 is 4.42 Å². The fraction of sp³-hybridized carbons (Fsp3) is 0. The summed E-state index contributed by atoms with van der Waals surface area (Å²) in [6.45, 7) is 0. The number of furan rings is 1. The molecular formula is C49H30N6O. The Morgan fingerprint density at radius 3 is 1.52 bits per heavy atom. The molecule has 11 aromatic rings. The zero-order valence-electron chi connectivity index (χ0n) is 29.9. The van der Waals surface area contributed by atoms with Crippen LogP contribution in [0.15, 0.2) is 186 Å². The van der Waals surface area contributed by atoms with E-state index in [1.165, 1.54) is 0 Å². The molecule has 7 heteroatoms. The van der Waals surface area contributed by atoms with Crippen LogP contribution in [0.4, 0.5) is 0 Å². The van der Waals surface area contributed by atoms with Crippen molar-refractivity contribution in [2.75, 3.05) is 0 Å². The van der Waals surface area contributed by atoms with Crippen molar-refractivity contribution in [3.63, 3.8) is 0 Å². The fourth-order valence-corrected chi connectivity index (χ4v) is 7.69. The van der Waals surface area contributed by atoms with Gasteiger partial charge in [-0.1, -0.05) is 158 Å². The Morgan fingerprint density at radius 2 is 0.893 bits per heavy atom. The highest BCUT2D eigenvalue weighted by Crippen LogP contribution is 2.45. The number of para-hydroxylation sites is 2. The molecule has 7 nitrogen and oxygen atoms in total. The average molecular weight is 719 g/mol. The third-order valence-electron chi connectivity index (χ3n) is 10.3. The zero-order valence-corrected chi connectivity index (χ0v) is 29.9. The van der Waals surface area contributed by atoms with Crippen molar-refractivity contribution in [2.45, 2.75) is 0 Å². The Balaban J connectivity index is 1.31. The summed E-state index contributed by atoms with van der Waals surface area (Å²) in [5, 5.41) is 3.99. The molecule has 0 saturated heterocycles. The van der Waals surface area contributed by atoms with Crippen molar-refractivity contribution in [1.82, 2.24) is 29.5 Å². The van der Waals surface area contributed by atoms with Crippen LogP contribution in [-0.4, -0.2) is 29.5 Å². The van der Waals surface area contributed by atoms with Crippen LogP contribution >= 0.6 is 0 Å². The summed E-state index contributed by atoms with van der Waals surface area (Å²) in [5.41, 5.74) is 9.60. The first kappa shape index (κ1) is 31.7. The van der Waals surface area contributed by atoms with Gasteiger partial charge in [-0.15, -0.1) is 0 Å². The van der Waals surface area contributed by atoms with Gasteiger partial charge in [0.15, 0.2) is 17.5 Å². The van der Waals surface area contributed by atoms with Crippen LogP contribution < -0.4 is 0 Å². The van der Waals surface area contributed by atoms with Gasteiger partial charge in [0.2, 0.25) is 5.95 Å². The summed E-state index contributed by atoms with van der Waals surface area (Å²) in [5.74, 6) is 2.27. The lowest BCUT2D eigenvalue weighted by Gasteiger charge is -2.14. The molecule has 0 aliphatic heterocycles. The lowest BCUT2D eigenvalue weighted by atomic mass is 10.00. The highest BCUT2D eigenvalue weighted by atomic mass is 16.3. The summed E-state index contributed by atoms with van der Waals surface area (Å²) < 4.78 is 8.94. The third-order valence-corrected chi connectivity index (χ3v) is 10.3. The number of nitrogens with zero attached hydrogens (tertiary/aromatic N) is 6. The van der Waals surface area contributed by atoms with Gasteiger partial charge in [0.1, 0.15) is 11.2 Å². The number of hydrogen-bond donors (Lipinski definition) is 0. The van der Waals surface area contributed by atoms with E-state index in [0.29, 0.717) is 23.4 Å². The molecule has 0 bridgehead atoms. The van der Waals surface area contributed by atoms with Gasteiger partial charge in [0.05, 0.1) is 27.8 Å². The molecule has 0 amide bonds. The first-order chi connectivity index (χ1) is 27.8. The molecule has 0 unspecified atom stereocenters.